The molecular formula is C13H6ClF3O3. The summed E-state index contributed by atoms with van der Waals surface area (Å²) in [4.78, 5) is 10.9. The quantitative estimate of drug-likeness (QED) is 0.811. The Hall–Kier alpha value is -2.13. The molecule has 20 heavy (non-hydrogen) atoms. The van der Waals surface area contributed by atoms with Crippen molar-refractivity contribution in [3.8, 4) is 18.1 Å². The summed E-state index contributed by atoms with van der Waals surface area (Å²) in [5, 5.41) is 8.77. The molecule has 1 N–H and O–H groups in total. The number of fused-ring (bicyclic) bond motifs is 1. The van der Waals surface area contributed by atoms with Crippen LogP contribution in [-0.2, 0) is 4.79 Å². The first-order chi connectivity index (χ1) is 9.24. The van der Waals surface area contributed by atoms with Crippen molar-refractivity contribution >= 4 is 23.6 Å². The maximum absolute atomic E-state index is 12.8. The van der Waals surface area contributed by atoms with Gasteiger partial charge in [-0.2, -0.15) is 13.2 Å². The van der Waals surface area contributed by atoms with E-state index < -0.39 is 23.8 Å². The zero-order valence-corrected chi connectivity index (χ0v) is 10.4. The summed E-state index contributed by atoms with van der Waals surface area (Å²) in [6.45, 7) is 0. The van der Waals surface area contributed by atoms with Crippen LogP contribution in [0.2, 0.25) is 5.02 Å². The van der Waals surface area contributed by atoms with Gasteiger partial charge in [-0.3, -0.25) is 0 Å². The second-order valence-corrected chi connectivity index (χ2v) is 4.37. The van der Waals surface area contributed by atoms with Crippen LogP contribution in [0.25, 0.3) is 6.08 Å². The minimum absolute atomic E-state index is 0.100. The summed E-state index contributed by atoms with van der Waals surface area (Å²) in [7, 11) is 0. The number of rotatable bonds is 1. The van der Waals surface area contributed by atoms with Crippen molar-refractivity contribution in [1.82, 2.24) is 0 Å². The van der Waals surface area contributed by atoms with Crippen molar-refractivity contribution in [3.63, 3.8) is 0 Å². The zero-order valence-electron chi connectivity index (χ0n) is 9.66. The molecule has 1 aromatic carbocycles. The number of alkyl halides is 3. The minimum Gasteiger partial charge on any atom is -0.478 e. The zero-order chi connectivity index (χ0) is 15.1. The predicted molar refractivity (Wildman–Crippen MR) is 65.5 cm³/mol. The Morgan fingerprint density at radius 2 is 2.10 bits per heavy atom. The van der Waals surface area contributed by atoms with Crippen molar-refractivity contribution in [1.29, 1.82) is 0 Å². The van der Waals surface area contributed by atoms with E-state index in [1.165, 1.54) is 12.1 Å². The lowest BCUT2D eigenvalue weighted by Gasteiger charge is -2.27. The summed E-state index contributed by atoms with van der Waals surface area (Å²) in [6, 6.07) is 2.60. The molecule has 1 aromatic rings. The van der Waals surface area contributed by atoms with Crippen LogP contribution in [0.1, 0.15) is 11.1 Å². The molecule has 0 saturated carbocycles. The lowest BCUT2D eigenvalue weighted by molar-refractivity contribution is -0.187. The number of carboxylic acids is 1. The molecule has 1 aliphatic heterocycles. The second-order valence-electron chi connectivity index (χ2n) is 3.97. The molecule has 1 atom stereocenters. The van der Waals surface area contributed by atoms with E-state index >= 15 is 0 Å². The number of halogens is 4. The Morgan fingerprint density at radius 3 is 2.60 bits per heavy atom. The Bertz CT molecular complexity index is 656. The topological polar surface area (TPSA) is 46.5 Å². The predicted octanol–water partition coefficient (Wildman–Crippen LogP) is 3.11. The molecule has 0 saturated heterocycles. The fourth-order valence-electron chi connectivity index (χ4n) is 1.77. The molecular weight excluding hydrogens is 297 g/mol. The number of hydrogen-bond acceptors (Lipinski definition) is 2. The van der Waals surface area contributed by atoms with Gasteiger partial charge in [0, 0.05) is 11.1 Å². The number of carboxylic acid groups (broad SMARTS) is 1. The Labute approximate surface area is 116 Å². The van der Waals surface area contributed by atoms with Crippen LogP contribution in [0.15, 0.2) is 17.7 Å². The van der Waals surface area contributed by atoms with Crippen molar-refractivity contribution < 1.29 is 27.8 Å². The van der Waals surface area contributed by atoms with E-state index in [0.717, 1.165) is 6.08 Å². The van der Waals surface area contributed by atoms with Crippen molar-refractivity contribution in [2.45, 2.75) is 12.3 Å². The number of hydrogen-bond donors (Lipinski definition) is 1. The van der Waals surface area contributed by atoms with Crippen molar-refractivity contribution in [2.24, 2.45) is 0 Å². The van der Waals surface area contributed by atoms with E-state index in [9.17, 15) is 18.0 Å². The Kier molecular flexibility index (Phi) is 3.40. The molecule has 0 fully saturated rings. The Balaban J connectivity index is 2.63. The van der Waals surface area contributed by atoms with Crippen LogP contribution < -0.4 is 4.74 Å². The summed E-state index contributed by atoms with van der Waals surface area (Å²) in [6.07, 6.45) is -1.39. The summed E-state index contributed by atoms with van der Waals surface area (Å²) >= 11 is 5.80. The lowest BCUT2D eigenvalue weighted by Crippen LogP contribution is -2.40. The average molecular weight is 303 g/mol. The number of benzene rings is 1. The van der Waals surface area contributed by atoms with Crippen LogP contribution in [0.5, 0.6) is 5.75 Å². The normalized spacial score (nSPS) is 17.6. The molecule has 0 aromatic heterocycles. The molecule has 1 heterocycles. The first kappa shape index (κ1) is 14.3. The van der Waals surface area contributed by atoms with E-state index in [-0.39, 0.29) is 16.3 Å². The molecule has 0 aliphatic carbocycles. The van der Waals surface area contributed by atoms with Crippen LogP contribution in [0.4, 0.5) is 13.2 Å². The highest BCUT2D eigenvalue weighted by Gasteiger charge is 2.48. The van der Waals surface area contributed by atoms with Crippen molar-refractivity contribution in [3.05, 3.63) is 33.9 Å². The fraction of sp³-hybridized carbons (Fsp3) is 0.154. The molecule has 7 heteroatoms. The van der Waals surface area contributed by atoms with E-state index in [0.29, 0.717) is 5.56 Å². The molecule has 0 bridgehead atoms. The second kappa shape index (κ2) is 4.76. The molecule has 1 aliphatic rings. The van der Waals surface area contributed by atoms with Gasteiger partial charge in [0.25, 0.3) is 0 Å². The molecule has 0 radical (unpaired) electrons. The van der Waals surface area contributed by atoms with Gasteiger partial charge >= 0.3 is 12.1 Å². The third-order valence-electron chi connectivity index (χ3n) is 2.61. The molecule has 0 amide bonds. The maximum Gasteiger partial charge on any atom is 0.430 e. The lowest BCUT2D eigenvalue weighted by atomic mass is 9.99. The highest BCUT2D eigenvalue weighted by Crippen LogP contribution is 2.41. The number of terminal acetylenes is 1. The number of aliphatic carboxylic acids is 1. The SMILES string of the molecule is C#Cc1cc(Cl)c2c(c1)C=C(C(=O)O)[C@@H](C(F)(F)F)O2. The van der Waals surface area contributed by atoms with E-state index in [1.807, 2.05) is 0 Å². The van der Waals surface area contributed by atoms with Gasteiger partial charge in [-0.1, -0.05) is 17.5 Å². The van der Waals surface area contributed by atoms with Crippen LogP contribution in [-0.4, -0.2) is 23.4 Å². The van der Waals surface area contributed by atoms with E-state index in [2.05, 4.69) is 5.92 Å². The standard InChI is InChI=1S/C13H6ClF3O3/c1-2-6-3-7-5-8(12(18)19)11(13(15,16)17)20-10(7)9(14)4-6/h1,3-5,11H,(H,18,19)/t11-/m0/s1. The van der Waals surface area contributed by atoms with Gasteiger partial charge in [-0.05, 0) is 18.2 Å². The monoisotopic (exact) mass is 302 g/mol. The number of ether oxygens (including phenoxy) is 1. The Morgan fingerprint density at radius 1 is 1.45 bits per heavy atom. The fourth-order valence-corrected chi connectivity index (χ4v) is 2.04. The van der Waals surface area contributed by atoms with Gasteiger partial charge in [0.1, 0.15) is 5.75 Å². The summed E-state index contributed by atoms with van der Waals surface area (Å²) in [5.41, 5.74) is -0.512. The summed E-state index contributed by atoms with van der Waals surface area (Å²) < 4.78 is 43.2. The summed E-state index contributed by atoms with van der Waals surface area (Å²) in [5.74, 6) is 0.305. The molecule has 0 unspecified atom stereocenters. The van der Waals surface area contributed by atoms with E-state index in [1.54, 1.807) is 0 Å². The van der Waals surface area contributed by atoms with Gasteiger partial charge in [-0.25, -0.2) is 4.79 Å². The largest absolute Gasteiger partial charge is 0.478 e. The van der Waals surface area contributed by atoms with Crippen LogP contribution in [0, 0.1) is 12.3 Å². The number of carbonyl (C=O) groups is 1. The van der Waals surface area contributed by atoms with Gasteiger partial charge in [0.05, 0.1) is 10.6 Å². The third-order valence-corrected chi connectivity index (χ3v) is 2.89. The molecule has 3 nitrogen and oxygen atoms in total. The van der Waals surface area contributed by atoms with E-state index in [4.69, 9.17) is 27.9 Å². The molecule has 104 valence electrons. The molecule has 2 rings (SSSR count). The smallest absolute Gasteiger partial charge is 0.430 e. The third kappa shape index (κ3) is 2.45. The van der Waals surface area contributed by atoms with Crippen LogP contribution >= 0.6 is 11.6 Å². The van der Waals surface area contributed by atoms with Gasteiger partial charge < -0.3 is 9.84 Å². The molecule has 0 spiro atoms. The highest BCUT2D eigenvalue weighted by atomic mass is 35.5. The first-order valence-corrected chi connectivity index (χ1v) is 5.60. The van der Waals surface area contributed by atoms with Gasteiger partial charge in [-0.15, -0.1) is 6.42 Å². The highest BCUT2D eigenvalue weighted by molar-refractivity contribution is 6.32. The minimum atomic E-state index is -4.87. The van der Waals surface area contributed by atoms with Gasteiger partial charge in [0.2, 0.25) is 6.10 Å². The first-order valence-electron chi connectivity index (χ1n) is 5.22. The average Bonchev–Trinajstić information content (AvgIpc) is 2.35. The van der Waals surface area contributed by atoms with Crippen molar-refractivity contribution in [2.75, 3.05) is 0 Å². The maximum atomic E-state index is 12.8. The van der Waals surface area contributed by atoms with Crippen LogP contribution in [0.3, 0.4) is 0 Å². The van der Waals surface area contributed by atoms with Gasteiger partial charge in [0.15, 0.2) is 0 Å².